The fourth-order valence-corrected chi connectivity index (χ4v) is 3.14. The van der Waals surface area contributed by atoms with Gasteiger partial charge in [-0.05, 0) is 47.5 Å². The van der Waals surface area contributed by atoms with Crippen LogP contribution in [0.4, 0.5) is 4.39 Å². The maximum Gasteiger partial charge on any atom is 0.123 e. The van der Waals surface area contributed by atoms with Gasteiger partial charge in [0.15, 0.2) is 0 Å². The molecule has 4 rings (SSSR count). The van der Waals surface area contributed by atoms with E-state index in [1.54, 1.807) is 0 Å². The van der Waals surface area contributed by atoms with Gasteiger partial charge in [0.2, 0.25) is 0 Å². The second-order valence-electron chi connectivity index (χ2n) is 5.67. The first-order valence-corrected chi connectivity index (χ1v) is 7.54. The van der Waals surface area contributed by atoms with E-state index in [9.17, 15) is 4.39 Å². The Morgan fingerprint density at radius 3 is 2.45 bits per heavy atom. The Hall–Kier alpha value is -2.39. The molecule has 0 bridgehead atoms. The molecule has 1 aliphatic rings. The number of nitrogens with one attached hydrogen (secondary N) is 1. The number of halogens is 1. The van der Waals surface area contributed by atoms with Crippen LogP contribution < -0.4 is 5.32 Å². The molecule has 22 heavy (non-hydrogen) atoms. The molecule has 3 heteroatoms. The highest BCUT2D eigenvalue weighted by molar-refractivity contribution is 5.61. The van der Waals surface area contributed by atoms with Crippen molar-refractivity contribution in [1.82, 2.24) is 9.88 Å². The second-order valence-corrected chi connectivity index (χ2v) is 5.67. The fraction of sp³-hybridized carbons (Fsp3) is 0.158. The van der Waals surface area contributed by atoms with Gasteiger partial charge in [-0.1, -0.05) is 30.3 Å². The van der Waals surface area contributed by atoms with Crippen LogP contribution in [0.3, 0.4) is 0 Å². The monoisotopic (exact) mass is 292 g/mol. The van der Waals surface area contributed by atoms with E-state index in [0.29, 0.717) is 6.04 Å². The number of aromatic nitrogens is 1. The van der Waals surface area contributed by atoms with Crippen molar-refractivity contribution in [1.29, 1.82) is 0 Å². The average Bonchev–Trinajstić information content (AvgIpc) is 2.99. The van der Waals surface area contributed by atoms with Crippen LogP contribution >= 0.6 is 0 Å². The summed E-state index contributed by atoms with van der Waals surface area (Å²) in [6.45, 7) is 1.74. The third kappa shape index (κ3) is 2.34. The van der Waals surface area contributed by atoms with Crippen molar-refractivity contribution < 1.29 is 4.39 Å². The minimum absolute atomic E-state index is 0.196. The molecule has 0 spiro atoms. The molecule has 2 nitrogen and oxygen atoms in total. The molecule has 0 aliphatic carbocycles. The van der Waals surface area contributed by atoms with Gasteiger partial charge in [-0.25, -0.2) is 4.39 Å². The van der Waals surface area contributed by atoms with E-state index in [1.165, 1.54) is 23.4 Å². The fourth-order valence-electron chi connectivity index (χ4n) is 3.14. The summed E-state index contributed by atoms with van der Waals surface area (Å²) in [5.41, 5.74) is 4.78. The minimum Gasteiger partial charge on any atom is -0.341 e. The molecule has 0 saturated carbocycles. The van der Waals surface area contributed by atoms with Crippen LogP contribution in [-0.2, 0) is 13.1 Å². The largest absolute Gasteiger partial charge is 0.341 e. The summed E-state index contributed by atoms with van der Waals surface area (Å²) in [6.07, 6.45) is 0. The van der Waals surface area contributed by atoms with Crippen LogP contribution in [-0.4, -0.2) is 4.57 Å². The van der Waals surface area contributed by atoms with Crippen molar-refractivity contribution in [2.45, 2.75) is 19.1 Å². The third-order valence-corrected chi connectivity index (χ3v) is 4.31. The molecule has 0 fully saturated rings. The second kappa shape index (κ2) is 5.43. The minimum atomic E-state index is -0.196. The lowest BCUT2D eigenvalue weighted by Gasteiger charge is -2.28. The van der Waals surface area contributed by atoms with Gasteiger partial charge < -0.3 is 9.88 Å². The first-order chi connectivity index (χ1) is 10.8. The van der Waals surface area contributed by atoms with Gasteiger partial charge in [0, 0.05) is 24.5 Å². The Balaban J connectivity index is 1.69. The van der Waals surface area contributed by atoms with Crippen molar-refractivity contribution in [2.75, 3.05) is 0 Å². The molecule has 0 amide bonds. The molecule has 1 aliphatic heterocycles. The quantitative estimate of drug-likeness (QED) is 0.751. The van der Waals surface area contributed by atoms with Crippen molar-refractivity contribution in [3.63, 3.8) is 0 Å². The zero-order chi connectivity index (χ0) is 14.9. The highest BCUT2D eigenvalue weighted by atomic mass is 19.1. The topological polar surface area (TPSA) is 17.0 Å². The van der Waals surface area contributed by atoms with Gasteiger partial charge in [0.1, 0.15) is 5.82 Å². The summed E-state index contributed by atoms with van der Waals surface area (Å²) in [7, 11) is 0. The molecule has 1 aromatic heterocycles. The predicted molar refractivity (Wildman–Crippen MR) is 85.8 cm³/mol. The van der Waals surface area contributed by atoms with Gasteiger partial charge in [-0.2, -0.15) is 0 Å². The third-order valence-electron chi connectivity index (χ3n) is 4.31. The first-order valence-electron chi connectivity index (χ1n) is 7.54. The molecule has 110 valence electrons. The maximum absolute atomic E-state index is 13.1. The molecular weight excluding hydrogens is 275 g/mol. The Bertz CT molecular complexity index is 775. The van der Waals surface area contributed by atoms with E-state index in [1.807, 2.05) is 18.2 Å². The van der Waals surface area contributed by atoms with E-state index in [4.69, 9.17) is 0 Å². The standard InChI is InChI=1S/C19H17FN2/c20-16-8-6-15(7-9-16)19-11-10-17-12-21-18(13-22(17)19)14-4-2-1-3-5-14/h1-11,18,21H,12-13H2/t18-/m1/s1. The van der Waals surface area contributed by atoms with Gasteiger partial charge >= 0.3 is 0 Å². The number of fused-ring (bicyclic) bond motifs is 1. The number of hydrogen-bond donors (Lipinski definition) is 1. The van der Waals surface area contributed by atoms with E-state index < -0.39 is 0 Å². The van der Waals surface area contributed by atoms with Crippen LogP contribution in [0, 0.1) is 5.82 Å². The molecular formula is C19H17FN2. The van der Waals surface area contributed by atoms with Crippen LogP contribution in [0.2, 0.25) is 0 Å². The molecule has 1 N–H and O–H groups in total. The SMILES string of the molecule is Fc1ccc(-c2ccc3n2C[C@H](c2ccccc2)NC3)cc1. The Kier molecular flexibility index (Phi) is 3.28. The van der Waals surface area contributed by atoms with Gasteiger partial charge in [-0.15, -0.1) is 0 Å². The summed E-state index contributed by atoms with van der Waals surface area (Å²) in [6, 6.07) is 21.8. The summed E-state index contributed by atoms with van der Waals surface area (Å²) in [5, 5.41) is 3.58. The number of benzene rings is 2. The molecule has 0 radical (unpaired) electrons. The van der Waals surface area contributed by atoms with E-state index in [0.717, 1.165) is 24.3 Å². The van der Waals surface area contributed by atoms with E-state index in [-0.39, 0.29) is 5.82 Å². The molecule has 0 unspecified atom stereocenters. The van der Waals surface area contributed by atoms with Crippen LogP contribution in [0.15, 0.2) is 66.7 Å². The lowest BCUT2D eigenvalue weighted by Crippen LogP contribution is -2.32. The summed E-state index contributed by atoms with van der Waals surface area (Å²) < 4.78 is 15.5. The van der Waals surface area contributed by atoms with Gasteiger partial charge in [0.05, 0.1) is 6.04 Å². The molecule has 3 aromatic rings. The smallest absolute Gasteiger partial charge is 0.123 e. The van der Waals surface area contributed by atoms with Crippen molar-refractivity contribution >= 4 is 0 Å². The Morgan fingerprint density at radius 1 is 0.909 bits per heavy atom. The first kappa shape index (κ1) is 13.3. The Labute approximate surface area is 129 Å². The lowest BCUT2D eigenvalue weighted by atomic mass is 10.0. The molecule has 2 heterocycles. The zero-order valence-electron chi connectivity index (χ0n) is 12.2. The number of hydrogen-bond acceptors (Lipinski definition) is 1. The Morgan fingerprint density at radius 2 is 1.68 bits per heavy atom. The highest BCUT2D eigenvalue weighted by Crippen LogP contribution is 2.29. The normalized spacial score (nSPS) is 17.2. The van der Waals surface area contributed by atoms with Crippen LogP contribution in [0.5, 0.6) is 0 Å². The van der Waals surface area contributed by atoms with Crippen LogP contribution in [0.1, 0.15) is 17.3 Å². The highest BCUT2D eigenvalue weighted by Gasteiger charge is 2.21. The lowest BCUT2D eigenvalue weighted by molar-refractivity contribution is 0.406. The average molecular weight is 292 g/mol. The van der Waals surface area contributed by atoms with Crippen molar-refractivity contribution in [3.8, 4) is 11.3 Å². The van der Waals surface area contributed by atoms with Gasteiger partial charge in [0.25, 0.3) is 0 Å². The number of nitrogens with zero attached hydrogens (tertiary/aromatic N) is 1. The van der Waals surface area contributed by atoms with Gasteiger partial charge in [-0.3, -0.25) is 0 Å². The van der Waals surface area contributed by atoms with E-state index in [2.05, 4.69) is 46.3 Å². The predicted octanol–water partition coefficient (Wildman–Crippen LogP) is 4.14. The zero-order valence-corrected chi connectivity index (χ0v) is 12.2. The van der Waals surface area contributed by atoms with E-state index >= 15 is 0 Å². The molecule has 1 atom stereocenters. The van der Waals surface area contributed by atoms with Crippen molar-refractivity contribution in [3.05, 3.63) is 83.8 Å². The molecule has 2 aromatic carbocycles. The summed E-state index contributed by atoms with van der Waals surface area (Å²) >= 11 is 0. The summed E-state index contributed by atoms with van der Waals surface area (Å²) in [5.74, 6) is -0.196. The summed E-state index contributed by atoms with van der Waals surface area (Å²) in [4.78, 5) is 0. The maximum atomic E-state index is 13.1. The molecule has 0 saturated heterocycles. The van der Waals surface area contributed by atoms with Crippen LogP contribution in [0.25, 0.3) is 11.3 Å². The number of rotatable bonds is 2. The van der Waals surface area contributed by atoms with Crippen molar-refractivity contribution in [2.24, 2.45) is 0 Å².